The van der Waals surface area contributed by atoms with Crippen molar-refractivity contribution >= 4 is 12.4 Å². The smallest absolute Gasteiger partial charge is 1.00 e. The fourth-order valence-electron chi connectivity index (χ4n) is 0.680. The number of hydrogen-bond acceptors (Lipinski definition) is 0. The van der Waals surface area contributed by atoms with Gasteiger partial charge in [0.15, 0.2) is 0 Å². The minimum absolute atomic E-state index is 0. The first-order valence-electron chi connectivity index (χ1n) is 3.43. The fraction of sp³-hybridized carbons (Fsp3) is 0.200. The van der Waals surface area contributed by atoms with Crippen LogP contribution in [0.25, 0.3) is 0 Å². The van der Waals surface area contributed by atoms with Crippen LogP contribution in [0.4, 0.5) is 0 Å². The van der Waals surface area contributed by atoms with Gasteiger partial charge in [0, 0.05) is 0 Å². The minimum Gasteiger partial charge on any atom is -1.00 e. The van der Waals surface area contributed by atoms with Crippen molar-refractivity contribution in [2.24, 2.45) is 0 Å². The number of halogens is 1. The summed E-state index contributed by atoms with van der Waals surface area (Å²) < 4.78 is 0. The van der Waals surface area contributed by atoms with E-state index in [1.807, 2.05) is 24.3 Å². The standard InChI is InChI=1S/2C5H5.ClH.W.H/c2*1-2-4-5-3-1;;;/h2*1-3H,4H2;1H;;/q2*-1;;+2;-1. The summed E-state index contributed by atoms with van der Waals surface area (Å²) >= 11 is 0. The minimum atomic E-state index is 0. The van der Waals surface area contributed by atoms with E-state index < -0.39 is 0 Å². The van der Waals surface area contributed by atoms with E-state index in [-0.39, 0.29) is 34.9 Å². The zero-order valence-electron chi connectivity index (χ0n) is 7.69. The Hall–Kier alpha value is -0.0617. The van der Waals surface area contributed by atoms with Crippen molar-refractivity contribution in [3.05, 3.63) is 48.6 Å². The van der Waals surface area contributed by atoms with Crippen molar-refractivity contribution in [1.82, 2.24) is 0 Å². The molecule has 0 atom stereocenters. The van der Waals surface area contributed by atoms with E-state index in [4.69, 9.17) is 0 Å². The molecule has 0 saturated heterocycles. The summed E-state index contributed by atoms with van der Waals surface area (Å²) in [7, 11) is 0. The Morgan fingerprint density at radius 2 is 1.33 bits per heavy atom. The zero-order chi connectivity index (χ0) is 7.07. The molecule has 0 amide bonds. The first-order chi connectivity index (χ1) is 5.00. The topological polar surface area (TPSA) is 0 Å². The van der Waals surface area contributed by atoms with E-state index in [0.717, 1.165) is 12.8 Å². The van der Waals surface area contributed by atoms with Gasteiger partial charge in [-0.15, -0.1) is 25.2 Å². The molecule has 0 unspecified atom stereocenters. The summed E-state index contributed by atoms with van der Waals surface area (Å²) in [4.78, 5) is 0. The zero-order valence-corrected chi connectivity index (χ0v) is 10.4. The third kappa shape index (κ3) is 8.04. The second kappa shape index (κ2) is 10.9. The van der Waals surface area contributed by atoms with Crippen LogP contribution in [0, 0.1) is 12.2 Å². The molecule has 12 heavy (non-hydrogen) atoms. The first-order valence-corrected chi connectivity index (χ1v) is 3.43. The quantitative estimate of drug-likeness (QED) is 0.588. The number of allylic oxidation sites excluding steroid dienone is 8. The normalized spacial score (nSPS) is 14.7. The maximum atomic E-state index is 2.99. The summed E-state index contributed by atoms with van der Waals surface area (Å²) in [5.41, 5.74) is 0. The van der Waals surface area contributed by atoms with E-state index in [0.29, 0.717) is 0 Å². The van der Waals surface area contributed by atoms with Crippen LogP contribution in [0.5, 0.6) is 0 Å². The van der Waals surface area contributed by atoms with Gasteiger partial charge in [0.25, 0.3) is 0 Å². The van der Waals surface area contributed by atoms with Crippen molar-refractivity contribution < 1.29 is 22.5 Å². The van der Waals surface area contributed by atoms with Crippen LogP contribution in [-0.2, 0) is 21.1 Å². The van der Waals surface area contributed by atoms with Gasteiger partial charge in [-0.3, -0.25) is 12.2 Å². The van der Waals surface area contributed by atoms with Gasteiger partial charge in [0.1, 0.15) is 0 Å². The third-order valence-corrected chi connectivity index (χ3v) is 1.17. The average molecular weight is 351 g/mol. The molecular weight excluding hydrogens is 339 g/mol. The SMILES string of the molecule is Cl.[C-]1=CC=CC1.[C-]1=CC=CC1.[H-].[W+2]. The molecule has 0 heterocycles. The summed E-state index contributed by atoms with van der Waals surface area (Å²) in [5, 5.41) is 0. The molecular formula is C10H12ClW-. The van der Waals surface area contributed by atoms with Gasteiger partial charge in [-0.1, -0.05) is 0 Å². The second-order valence-electron chi connectivity index (χ2n) is 2.01. The molecule has 2 heteroatoms. The predicted octanol–water partition coefficient (Wildman–Crippen LogP) is 3.14. The van der Waals surface area contributed by atoms with Gasteiger partial charge in [0.05, 0.1) is 0 Å². The Bertz CT molecular complexity index is 153. The summed E-state index contributed by atoms with van der Waals surface area (Å²) in [6, 6.07) is 0. The molecule has 0 saturated carbocycles. The first kappa shape index (κ1) is 14.5. The van der Waals surface area contributed by atoms with E-state index in [9.17, 15) is 0 Å². The van der Waals surface area contributed by atoms with Gasteiger partial charge >= 0.3 is 21.1 Å². The van der Waals surface area contributed by atoms with Gasteiger partial charge < -0.3 is 1.43 Å². The Labute approximate surface area is 96.3 Å². The molecule has 0 aromatic rings. The number of rotatable bonds is 0. The molecule has 0 spiro atoms. The molecule has 0 radical (unpaired) electrons. The third-order valence-electron chi connectivity index (χ3n) is 1.17. The van der Waals surface area contributed by atoms with Crippen LogP contribution in [0.3, 0.4) is 0 Å². The summed E-state index contributed by atoms with van der Waals surface area (Å²) in [5.74, 6) is 0. The molecule has 0 aromatic carbocycles. The molecule has 2 aliphatic carbocycles. The molecule has 0 fully saturated rings. The monoisotopic (exact) mass is 351 g/mol. The van der Waals surface area contributed by atoms with Crippen molar-refractivity contribution in [1.29, 1.82) is 0 Å². The Morgan fingerprint density at radius 3 is 1.42 bits per heavy atom. The maximum Gasteiger partial charge on any atom is 2.00 e. The van der Waals surface area contributed by atoms with Gasteiger partial charge in [-0.2, -0.15) is 12.2 Å². The Morgan fingerprint density at radius 1 is 0.917 bits per heavy atom. The Kier molecular flexibility index (Phi) is 13.2. The van der Waals surface area contributed by atoms with Crippen LogP contribution in [0.15, 0.2) is 36.5 Å². The van der Waals surface area contributed by atoms with Gasteiger partial charge in [-0.25, -0.2) is 24.3 Å². The van der Waals surface area contributed by atoms with Crippen LogP contribution in [-0.4, -0.2) is 0 Å². The van der Waals surface area contributed by atoms with Crippen molar-refractivity contribution in [2.75, 3.05) is 0 Å². The molecule has 0 nitrogen and oxygen atoms in total. The number of hydrogen-bond donors (Lipinski definition) is 0. The summed E-state index contributed by atoms with van der Waals surface area (Å²) in [6.07, 6.45) is 20.0. The van der Waals surface area contributed by atoms with Crippen LogP contribution in [0.1, 0.15) is 14.3 Å². The van der Waals surface area contributed by atoms with Crippen molar-refractivity contribution in [3.63, 3.8) is 0 Å². The fourth-order valence-corrected chi connectivity index (χ4v) is 0.680. The van der Waals surface area contributed by atoms with E-state index in [2.05, 4.69) is 24.3 Å². The molecule has 2 aliphatic rings. The summed E-state index contributed by atoms with van der Waals surface area (Å²) in [6.45, 7) is 0. The molecule has 66 valence electrons. The van der Waals surface area contributed by atoms with E-state index in [1.54, 1.807) is 0 Å². The predicted molar refractivity (Wildman–Crippen MR) is 51.5 cm³/mol. The molecule has 0 N–H and O–H groups in total. The molecule has 0 aromatic heterocycles. The maximum absolute atomic E-state index is 2.99. The molecule has 0 bridgehead atoms. The van der Waals surface area contributed by atoms with Gasteiger partial charge in [-0.05, 0) is 0 Å². The molecule has 2 rings (SSSR count). The van der Waals surface area contributed by atoms with E-state index in [1.165, 1.54) is 0 Å². The van der Waals surface area contributed by atoms with Crippen LogP contribution >= 0.6 is 12.4 Å². The second-order valence-corrected chi connectivity index (χ2v) is 2.01. The van der Waals surface area contributed by atoms with Gasteiger partial charge in [0.2, 0.25) is 0 Å². The van der Waals surface area contributed by atoms with E-state index >= 15 is 0 Å². The molecule has 0 aliphatic heterocycles. The van der Waals surface area contributed by atoms with Crippen molar-refractivity contribution in [3.8, 4) is 0 Å². The van der Waals surface area contributed by atoms with Crippen LogP contribution in [0.2, 0.25) is 0 Å². The largest absolute Gasteiger partial charge is 2.00 e. The Balaban J connectivity index is -0.000000125. The van der Waals surface area contributed by atoms with Crippen molar-refractivity contribution in [2.45, 2.75) is 12.8 Å². The van der Waals surface area contributed by atoms with Crippen LogP contribution < -0.4 is 0 Å². The average Bonchev–Trinajstić information content (AvgIpc) is 2.67.